The Kier molecular flexibility index (Phi) is 4.56. The maximum absolute atomic E-state index is 5.69. The average molecular weight is 315 g/mol. The highest BCUT2D eigenvalue weighted by Gasteiger charge is 2.11. The van der Waals surface area contributed by atoms with Crippen molar-refractivity contribution < 1.29 is 18.4 Å². The van der Waals surface area contributed by atoms with Crippen molar-refractivity contribution >= 4 is 0 Å². The fraction of sp³-hybridized carbons (Fsp3) is 0.312. The van der Waals surface area contributed by atoms with Crippen molar-refractivity contribution in [1.29, 1.82) is 0 Å². The third-order valence-electron chi connectivity index (χ3n) is 3.02. The van der Waals surface area contributed by atoms with Crippen LogP contribution < -0.4 is 9.47 Å². The van der Waals surface area contributed by atoms with Crippen LogP contribution in [0.5, 0.6) is 11.5 Å². The molecule has 0 aliphatic carbocycles. The summed E-state index contributed by atoms with van der Waals surface area (Å²) in [5.41, 5.74) is 0.750. The van der Waals surface area contributed by atoms with E-state index in [9.17, 15) is 0 Å². The molecule has 3 aromatic rings. The van der Waals surface area contributed by atoms with E-state index in [1.54, 1.807) is 0 Å². The number of hydrogen-bond acceptors (Lipinski definition) is 7. The largest absolute Gasteiger partial charge is 0.490 e. The second kappa shape index (κ2) is 6.95. The molecule has 0 aliphatic rings. The molecule has 0 radical (unpaired) electrons. The lowest BCUT2D eigenvalue weighted by Gasteiger charge is -2.09. The number of rotatable bonds is 7. The van der Waals surface area contributed by atoms with Crippen LogP contribution in [0.25, 0.3) is 0 Å². The molecule has 0 bridgehead atoms. The highest BCUT2D eigenvalue weighted by atomic mass is 16.5. The SMILES string of the molecule is CCOc1ccccc1OCc1nnc(Cc2cc(C)on2)o1. The van der Waals surface area contributed by atoms with Gasteiger partial charge in [0.1, 0.15) is 5.76 Å². The summed E-state index contributed by atoms with van der Waals surface area (Å²) in [5.74, 6) is 2.94. The number of nitrogens with zero attached hydrogens (tertiary/aromatic N) is 3. The van der Waals surface area contributed by atoms with Gasteiger partial charge in [0.05, 0.1) is 18.7 Å². The second-order valence-corrected chi connectivity index (χ2v) is 4.86. The van der Waals surface area contributed by atoms with Crippen LogP contribution >= 0.6 is 0 Å². The van der Waals surface area contributed by atoms with Gasteiger partial charge in [-0.1, -0.05) is 17.3 Å². The average Bonchev–Trinajstić information content (AvgIpc) is 3.16. The fourth-order valence-corrected chi connectivity index (χ4v) is 2.06. The summed E-state index contributed by atoms with van der Waals surface area (Å²) in [7, 11) is 0. The third kappa shape index (κ3) is 3.88. The molecular weight excluding hydrogens is 298 g/mol. The molecule has 0 N–H and O–H groups in total. The molecule has 23 heavy (non-hydrogen) atoms. The van der Waals surface area contributed by atoms with E-state index in [1.165, 1.54) is 0 Å². The topological polar surface area (TPSA) is 83.4 Å². The lowest BCUT2D eigenvalue weighted by atomic mass is 10.3. The molecule has 0 amide bonds. The lowest BCUT2D eigenvalue weighted by molar-refractivity contribution is 0.240. The normalized spacial score (nSPS) is 10.7. The number of benzene rings is 1. The van der Waals surface area contributed by atoms with Crippen LogP contribution in [0.2, 0.25) is 0 Å². The number of hydrogen-bond donors (Lipinski definition) is 0. The highest BCUT2D eigenvalue weighted by molar-refractivity contribution is 5.39. The Hall–Kier alpha value is -2.83. The third-order valence-corrected chi connectivity index (χ3v) is 3.02. The minimum atomic E-state index is 0.176. The highest BCUT2D eigenvalue weighted by Crippen LogP contribution is 2.27. The van der Waals surface area contributed by atoms with E-state index in [2.05, 4.69) is 15.4 Å². The van der Waals surface area contributed by atoms with E-state index < -0.39 is 0 Å². The number of ether oxygens (including phenoxy) is 2. The fourth-order valence-electron chi connectivity index (χ4n) is 2.06. The van der Waals surface area contributed by atoms with Gasteiger partial charge in [-0.05, 0) is 26.0 Å². The Morgan fingerprint density at radius 3 is 2.48 bits per heavy atom. The van der Waals surface area contributed by atoms with Crippen LogP contribution in [0, 0.1) is 6.92 Å². The van der Waals surface area contributed by atoms with Crippen LogP contribution in [-0.4, -0.2) is 22.0 Å². The maximum atomic E-state index is 5.69. The number of aromatic nitrogens is 3. The van der Waals surface area contributed by atoms with Crippen LogP contribution in [-0.2, 0) is 13.0 Å². The van der Waals surface area contributed by atoms with Crippen molar-refractivity contribution in [3.8, 4) is 11.5 Å². The van der Waals surface area contributed by atoms with Crippen LogP contribution in [0.4, 0.5) is 0 Å². The Balaban J connectivity index is 1.61. The minimum Gasteiger partial charge on any atom is -0.490 e. The van der Waals surface area contributed by atoms with Crippen molar-refractivity contribution in [3.63, 3.8) is 0 Å². The molecule has 1 aromatic carbocycles. The molecule has 7 heteroatoms. The summed E-state index contributed by atoms with van der Waals surface area (Å²) >= 11 is 0. The van der Waals surface area contributed by atoms with Gasteiger partial charge in [-0.2, -0.15) is 0 Å². The minimum absolute atomic E-state index is 0.176. The first-order valence-corrected chi connectivity index (χ1v) is 7.32. The predicted octanol–water partition coefficient (Wildman–Crippen LogP) is 2.93. The van der Waals surface area contributed by atoms with E-state index in [-0.39, 0.29) is 6.61 Å². The van der Waals surface area contributed by atoms with E-state index >= 15 is 0 Å². The van der Waals surface area contributed by atoms with Crippen molar-refractivity contribution in [1.82, 2.24) is 15.4 Å². The second-order valence-electron chi connectivity index (χ2n) is 4.86. The van der Waals surface area contributed by atoms with Crippen molar-refractivity contribution in [2.75, 3.05) is 6.61 Å². The van der Waals surface area contributed by atoms with Crippen LogP contribution in [0.15, 0.2) is 39.3 Å². The van der Waals surface area contributed by atoms with E-state index in [0.29, 0.717) is 36.3 Å². The first-order chi connectivity index (χ1) is 11.2. The van der Waals surface area contributed by atoms with Gasteiger partial charge >= 0.3 is 0 Å². The molecule has 7 nitrogen and oxygen atoms in total. The standard InChI is InChI=1S/C16H17N3O4/c1-3-20-13-6-4-5-7-14(13)21-10-16-18-17-15(22-16)9-12-8-11(2)23-19-12/h4-8H,3,9-10H2,1-2H3. The predicted molar refractivity (Wildman–Crippen MR) is 80.3 cm³/mol. The van der Waals surface area contributed by atoms with Crippen molar-refractivity contribution in [2.24, 2.45) is 0 Å². The summed E-state index contributed by atoms with van der Waals surface area (Å²) < 4.78 is 21.7. The molecule has 0 atom stereocenters. The van der Waals surface area contributed by atoms with Gasteiger partial charge in [0.25, 0.3) is 5.89 Å². The van der Waals surface area contributed by atoms with Gasteiger partial charge in [0, 0.05) is 6.07 Å². The molecule has 0 aliphatic heterocycles. The summed E-state index contributed by atoms with van der Waals surface area (Å²) in [6.45, 7) is 4.50. The Morgan fingerprint density at radius 1 is 1.04 bits per heavy atom. The first kappa shape index (κ1) is 15.1. The molecule has 2 aromatic heterocycles. The molecule has 0 saturated heterocycles. The first-order valence-electron chi connectivity index (χ1n) is 7.32. The maximum Gasteiger partial charge on any atom is 0.253 e. The van der Waals surface area contributed by atoms with Gasteiger partial charge in [-0.15, -0.1) is 10.2 Å². The quantitative estimate of drug-likeness (QED) is 0.662. The van der Waals surface area contributed by atoms with Gasteiger partial charge in [-0.25, -0.2) is 0 Å². The summed E-state index contributed by atoms with van der Waals surface area (Å²) in [6.07, 6.45) is 0.430. The zero-order valence-electron chi connectivity index (χ0n) is 13.0. The summed E-state index contributed by atoms with van der Waals surface area (Å²) in [5, 5.41) is 11.8. The smallest absolute Gasteiger partial charge is 0.253 e. The lowest BCUT2D eigenvalue weighted by Crippen LogP contribution is -1.99. The van der Waals surface area contributed by atoms with Crippen LogP contribution in [0.1, 0.15) is 30.2 Å². The number of para-hydroxylation sites is 2. The Bertz CT molecular complexity index is 766. The van der Waals surface area contributed by atoms with E-state index in [0.717, 1.165) is 11.5 Å². The molecule has 0 saturated carbocycles. The molecule has 2 heterocycles. The summed E-state index contributed by atoms with van der Waals surface area (Å²) in [4.78, 5) is 0. The van der Waals surface area contributed by atoms with Gasteiger partial charge in [0.2, 0.25) is 5.89 Å². The van der Waals surface area contributed by atoms with Gasteiger partial charge in [0.15, 0.2) is 18.1 Å². The molecule has 0 unspecified atom stereocenters. The molecule has 0 fully saturated rings. The number of aryl methyl sites for hydroxylation is 1. The van der Waals surface area contributed by atoms with Gasteiger partial charge < -0.3 is 18.4 Å². The van der Waals surface area contributed by atoms with E-state index in [1.807, 2.05) is 44.2 Å². The Labute approximate surface area is 133 Å². The molecule has 120 valence electrons. The van der Waals surface area contributed by atoms with Crippen molar-refractivity contribution in [3.05, 3.63) is 53.6 Å². The monoisotopic (exact) mass is 315 g/mol. The zero-order valence-corrected chi connectivity index (χ0v) is 13.0. The molecular formula is C16H17N3O4. The van der Waals surface area contributed by atoms with Crippen molar-refractivity contribution in [2.45, 2.75) is 26.9 Å². The van der Waals surface area contributed by atoms with Gasteiger partial charge in [-0.3, -0.25) is 0 Å². The molecule has 3 rings (SSSR count). The summed E-state index contributed by atoms with van der Waals surface area (Å²) in [6, 6.07) is 9.29. The van der Waals surface area contributed by atoms with E-state index in [4.69, 9.17) is 18.4 Å². The van der Waals surface area contributed by atoms with Crippen LogP contribution in [0.3, 0.4) is 0 Å². The Morgan fingerprint density at radius 2 is 1.78 bits per heavy atom. The molecule has 0 spiro atoms. The zero-order chi connectivity index (χ0) is 16.1.